The zero-order chi connectivity index (χ0) is 22.6. The molecule has 1 amide bonds. The maximum atomic E-state index is 12.3. The second-order valence-corrected chi connectivity index (χ2v) is 6.88. The lowest BCUT2D eigenvalue weighted by molar-refractivity contribution is -0.159. The van der Waals surface area contributed by atoms with E-state index in [0.29, 0.717) is 24.8 Å². The van der Waals surface area contributed by atoms with Crippen LogP contribution in [-0.2, 0) is 25.7 Å². The minimum Gasteiger partial charge on any atom is -0.473 e. The maximum absolute atomic E-state index is 12.3. The van der Waals surface area contributed by atoms with E-state index in [1.807, 2.05) is 48.5 Å². The second kappa shape index (κ2) is 12.5. The lowest BCUT2D eigenvalue weighted by Gasteiger charge is -2.30. The van der Waals surface area contributed by atoms with Gasteiger partial charge in [-0.25, -0.2) is 9.59 Å². The van der Waals surface area contributed by atoms with E-state index in [9.17, 15) is 4.79 Å². The van der Waals surface area contributed by atoms with Crippen molar-refractivity contribution >= 4 is 40.8 Å². The van der Waals surface area contributed by atoms with Crippen molar-refractivity contribution in [3.63, 3.8) is 0 Å². The molecule has 0 atom stereocenters. The molecule has 2 aromatic rings. The fourth-order valence-corrected chi connectivity index (χ4v) is 3.01. The molecule has 166 valence electrons. The quantitative estimate of drug-likeness (QED) is 0.493. The Bertz CT molecular complexity index is 890. The molecule has 0 aliphatic carbocycles. The third kappa shape index (κ3) is 8.25. The number of carbonyl (C=O) groups excluding carboxylic acids is 1. The molecule has 9 nitrogen and oxygen atoms in total. The van der Waals surface area contributed by atoms with Crippen LogP contribution in [0.2, 0.25) is 5.02 Å². The standard InChI is InChI=1S/C19H22ClN3O2.C2H2O4/c20-16-6-2-1-5-15(16)13-21-14-19(24)22-17-7-3-4-8-18(17)23-9-11-25-12-10-23;3-1(4)2(5)6/h1-8,21H,9-14H2,(H,22,24);(H,3,4)(H,5,6). The zero-order valence-electron chi connectivity index (χ0n) is 16.7. The molecule has 1 aliphatic rings. The first kappa shape index (κ1) is 24.1. The summed E-state index contributed by atoms with van der Waals surface area (Å²) in [5, 5.41) is 21.6. The van der Waals surface area contributed by atoms with E-state index in [1.54, 1.807) is 0 Å². The van der Waals surface area contributed by atoms with Crippen LogP contribution in [0.25, 0.3) is 0 Å². The molecule has 1 saturated heterocycles. The van der Waals surface area contributed by atoms with Crippen LogP contribution < -0.4 is 15.5 Å². The minimum atomic E-state index is -1.82. The fourth-order valence-electron chi connectivity index (χ4n) is 2.81. The van der Waals surface area contributed by atoms with Gasteiger partial charge in [-0.1, -0.05) is 41.9 Å². The summed E-state index contributed by atoms with van der Waals surface area (Å²) in [6.45, 7) is 3.86. The molecule has 1 fully saturated rings. The molecule has 1 heterocycles. The Morgan fingerprint density at radius 1 is 0.968 bits per heavy atom. The van der Waals surface area contributed by atoms with Crippen LogP contribution in [0.3, 0.4) is 0 Å². The number of nitrogens with zero attached hydrogens (tertiary/aromatic N) is 1. The first-order chi connectivity index (χ1) is 14.9. The van der Waals surface area contributed by atoms with Crippen molar-refractivity contribution < 1.29 is 29.3 Å². The van der Waals surface area contributed by atoms with Crippen LogP contribution >= 0.6 is 11.6 Å². The fraction of sp³-hybridized carbons (Fsp3) is 0.286. The number of benzene rings is 2. The van der Waals surface area contributed by atoms with Gasteiger partial charge in [0.05, 0.1) is 31.1 Å². The van der Waals surface area contributed by atoms with Gasteiger partial charge in [0.1, 0.15) is 0 Å². The van der Waals surface area contributed by atoms with E-state index in [4.69, 9.17) is 36.1 Å². The van der Waals surface area contributed by atoms with Crippen LogP contribution in [0.1, 0.15) is 5.56 Å². The number of carboxylic acid groups (broad SMARTS) is 2. The number of aliphatic carboxylic acids is 2. The van der Waals surface area contributed by atoms with E-state index in [-0.39, 0.29) is 12.5 Å². The highest BCUT2D eigenvalue weighted by Crippen LogP contribution is 2.26. The van der Waals surface area contributed by atoms with E-state index < -0.39 is 11.9 Å². The van der Waals surface area contributed by atoms with Crippen LogP contribution in [-0.4, -0.2) is 60.9 Å². The van der Waals surface area contributed by atoms with Gasteiger partial charge in [-0.2, -0.15) is 0 Å². The van der Waals surface area contributed by atoms with Gasteiger partial charge >= 0.3 is 11.9 Å². The third-order valence-corrected chi connectivity index (χ3v) is 4.64. The van der Waals surface area contributed by atoms with Crippen molar-refractivity contribution in [3.05, 3.63) is 59.1 Å². The van der Waals surface area contributed by atoms with Gasteiger partial charge < -0.3 is 30.5 Å². The number of anilines is 2. The Balaban J connectivity index is 0.000000501. The molecule has 2 aromatic carbocycles. The SMILES string of the molecule is O=C(CNCc1ccccc1Cl)Nc1ccccc1N1CCOCC1.O=C(O)C(=O)O. The number of hydrogen-bond acceptors (Lipinski definition) is 6. The van der Waals surface area contributed by atoms with E-state index >= 15 is 0 Å². The number of para-hydroxylation sites is 2. The molecule has 0 aromatic heterocycles. The first-order valence-corrected chi connectivity index (χ1v) is 9.88. The molecule has 0 spiro atoms. The summed E-state index contributed by atoms with van der Waals surface area (Å²) < 4.78 is 5.40. The Hall–Kier alpha value is -3.14. The molecule has 0 unspecified atom stereocenters. The van der Waals surface area contributed by atoms with Gasteiger partial charge in [0, 0.05) is 24.7 Å². The molecule has 4 N–H and O–H groups in total. The topological polar surface area (TPSA) is 128 Å². The van der Waals surface area contributed by atoms with E-state index in [0.717, 1.165) is 30.0 Å². The maximum Gasteiger partial charge on any atom is 0.414 e. The molecule has 1 aliphatic heterocycles. The monoisotopic (exact) mass is 449 g/mol. The van der Waals surface area contributed by atoms with Crippen LogP contribution in [0, 0.1) is 0 Å². The number of carbonyl (C=O) groups is 3. The van der Waals surface area contributed by atoms with Crippen LogP contribution in [0.4, 0.5) is 11.4 Å². The van der Waals surface area contributed by atoms with Crippen molar-refractivity contribution in [1.82, 2.24) is 5.32 Å². The van der Waals surface area contributed by atoms with Gasteiger partial charge in [-0.15, -0.1) is 0 Å². The average Bonchev–Trinajstić information content (AvgIpc) is 2.76. The number of hydrogen-bond donors (Lipinski definition) is 4. The Morgan fingerprint density at radius 2 is 1.58 bits per heavy atom. The molecule has 3 rings (SSSR count). The number of nitrogens with one attached hydrogen (secondary N) is 2. The highest BCUT2D eigenvalue weighted by atomic mass is 35.5. The first-order valence-electron chi connectivity index (χ1n) is 9.50. The normalized spacial score (nSPS) is 13.0. The smallest absolute Gasteiger partial charge is 0.414 e. The number of carboxylic acids is 2. The van der Waals surface area contributed by atoms with Gasteiger partial charge in [-0.05, 0) is 23.8 Å². The van der Waals surface area contributed by atoms with Crippen molar-refractivity contribution in [2.45, 2.75) is 6.54 Å². The summed E-state index contributed by atoms with van der Waals surface area (Å²) in [6.07, 6.45) is 0. The van der Waals surface area contributed by atoms with Crippen LogP contribution in [0.5, 0.6) is 0 Å². The lowest BCUT2D eigenvalue weighted by Crippen LogP contribution is -2.37. The molecule has 0 bridgehead atoms. The summed E-state index contributed by atoms with van der Waals surface area (Å²) in [6, 6.07) is 15.5. The van der Waals surface area contributed by atoms with Gasteiger partial charge in [-0.3, -0.25) is 4.79 Å². The summed E-state index contributed by atoms with van der Waals surface area (Å²) in [5.41, 5.74) is 2.84. The van der Waals surface area contributed by atoms with Crippen molar-refractivity contribution in [1.29, 1.82) is 0 Å². The van der Waals surface area contributed by atoms with Gasteiger partial charge in [0.25, 0.3) is 0 Å². The summed E-state index contributed by atoms with van der Waals surface area (Å²) >= 11 is 6.12. The highest BCUT2D eigenvalue weighted by molar-refractivity contribution is 6.31. The summed E-state index contributed by atoms with van der Waals surface area (Å²) in [4.78, 5) is 32.7. The number of rotatable bonds is 6. The summed E-state index contributed by atoms with van der Waals surface area (Å²) in [7, 11) is 0. The van der Waals surface area contributed by atoms with Crippen LogP contribution in [0.15, 0.2) is 48.5 Å². The number of amides is 1. The minimum absolute atomic E-state index is 0.0761. The Labute approximate surface area is 184 Å². The summed E-state index contributed by atoms with van der Waals surface area (Å²) in [5.74, 6) is -3.72. The zero-order valence-corrected chi connectivity index (χ0v) is 17.5. The number of halogens is 1. The van der Waals surface area contributed by atoms with Crippen molar-refractivity contribution in [3.8, 4) is 0 Å². The lowest BCUT2D eigenvalue weighted by atomic mass is 10.2. The molecular formula is C21H24ClN3O6. The molecule has 0 saturated carbocycles. The van der Waals surface area contributed by atoms with E-state index in [2.05, 4.69) is 15.5 Å². The molecule has 10 heteroatoms. The highest BCUT2D eigenvalue weighted by Gasteiger charge is 2.15. The predicted molar refractivity (Wildman–Crippen MR) is 117 cm³/mol. The Kier molecular flexibility index (Phi) is 9.76. The molecule has 0 radical (unpaired) electrons. The molecule has 31 heavy (non-hydrogen) atoms. The largest absolute Gasteiger partial charge is 0.473 e. The average molecular weight is 450 g/mol. The molecular weight excluding hydrogens is 426 g/mol. The van der Waals surface area contributed by atoms with E-state index in [1.165, 1.54) is 0 Å². The van der Waals surface area contributed by atoms with Crippen molar-refractivity contribution in [2.75, 3.05) is 43.1 Å². The Morgan fingerprint density at radius 3 is 2.23 bits per heavy atom. The van der Waals surface area contributed by atoms with Crippen molar-refractivity contribution in [2.24, 2.45) is 0 Å². The number of morpholine rings is 1. The number of ether oxygens (including phenoxy) is 1. The third-order valence-electron chi connectivity index (χ3n) is 4.27. The van der Waals surface area contributed by atoms with Gasteiger partial charge in [0.15, 0.2) is 0 Å². The van der Waals surface area contributed by atoms with Gasteiger partial charge in [0.2, 0.25) is 5.91 Å². The predicted octanol–water partition coefficient (Wildman–Crippen LogP) is 2.06. The second-order valence-electron chi connectivity index (χ2n) is 6.47.